The van der Waals surface area contributed by atoms with E-state index in [9.17, 15) is 18.0 Å². The zero-order chi connectivity index (χ0) is 24.6. The van der Waals surface area contributed by atoms with E-state index in [0.29, 0.717) is 30.4 Å². The van der Waals surface area contributed by atoms with E-state index in [4.69, 9.17) is 0 Å². The van der Waals surface area contributed by atoms with Gasteiger partial charge in [0.1, 0.15) is 4.88 Å². The number of carbonyl (C=O) groups is 1. The van der Waals surface area contributed by atoms with Crippen molar-refractivity contribution in [3.8, 4) is 11.1 Å². The molecule has 9 heteroatoms. The molecule has 0 saturated carbocycles. The Balaban J connectivity index is 1.62. The molecule has 0 aliphatic carbocycles. The van der Waals surface area contributed by atoms with Crippen molar-refractivity contribution in [3.63, 3.8) is 0 Å². The van der Waals surface area contributed by atoms with Crippen molar-refractivity contribution in [2.24, 2.45) is 0 Å². The minimum absolute atomic E-state index is 0.218. The Morgan fingerprint density at radius 3 is 2.50 bits per heavy atom. The van der Waals surface area contributed by atoms with Crippen molar-refractivity contribution >= 4 is 17.2 Å². The van der Waals surface area contributed by atoms with Crippen molar-refractivity contribution < 1.29 is 18.0 Å². The number of benzene rings is 1. The predicted molar refractivity (Wildman–Crippen MR) is 129 cm³/mol. The van der Waals surface area contributed by atoms with Crippen LogP contribution in [0.4, 0.5) is 13.2 Å². The second kappa shape index (κ2) is 12.1. The molecule has 34 heavy (non-hydrogen) atoms. The molecular formula is C25H29F3N4OS. The van der Waals surface area contributed by atoms with Gasteiger partial charge in [-0.1, -0.05) is 44.2 Å². The molecule has 0 aliphatic heterocycles. The Labute approximate surface area is 201 Å². The summed E-state index contributed by atoms with van der Waals surface area (Å²) in [4.78, 5) is 20.1. The fourth-order valence-corrected chi connectivity index (χ4v) is 4.62. The molecule has 1 amide bonds. The molecule has 2 aromatic heterocycles. The summed E-state index contributed by atoms with van der Waals surface area (Å²) in [5.41, 5.74) is 1.82. The number of carbonyl (C=O) groups excluding carboxylic acids is 1. The summed E-state index contributed by atoms with van der Waals surface area (Å²) >= 11 is 0.817. The molecule has 0 saturated heterocycles. The molecule has 1 aromatic carbocycles. The van der Waals surface area contributed by atoms with Crippen molar-refractivity contribution in [2.75, 3.05) is 13.1 Å². The summed E-state index contributed by atoms with van der Waals surface area (Å²) in [5, 5.41) is 6.25. The zero-order valence-corrected chi connectivity index (χ0v) is 20.1. The van der Waals surface area contributed by atoms with Crippen LogP contribution in [0.25, 0.3) is 11.1 Å². The van der Waals surface area contributed by atoms with Gasteiger partial charge in [-0.05, 0) is 42.0 Å². The van der Waals surface area contributed by atoms with Gasteiger partial charge < -0.3 is 10.6 Å². The topological polar surface area (TPSA) is 66.9 Å². The summed E-state index contributed by atoms with van der Waals surface area (Å²) in [6.45, 7) is 4.86. The lowest BCUT2D eigenvalue weighted by atomic mass is 10.0. The number of nitrogens with one attached hydrogen (secondary N) is 2. The van der Waals surface area contributed by atoms with E-state index in [1.54, 1.807) is 12.4 Å². The number of thiazole rings is 1. The van der Waals surface area contributed by atoms with Crippen LogP contribution >= 0.6 is 11.3 Å². The predicted octanol–water partition coefficient (Wildman–Crippen LogP) is 5.52. The zero-order valence-electron chi connectivity index (χ0n) is 19.3. The van der Waals surface area contributed by atoms with Crippen molar-refractivity contribution in [3.05, 3.63) is 69.9 Å². The van der Waals surface area contributed by atoms with Crippen molar-refractivity contribution in [1.29, 1.82) is 0 Å². The average Bonchev–Trinajstić information content (AvgIpc) is 3.28. The first-order chi connectivity index (χ1) is 16.3. The number of amides is 1. The van der Waals surface area contributed by atoms with Crippen molar-refractivity contribution in [2.45, 2.75) is 51.7 Å². The highest BCUT2D eigenvalue weighted by molar-refractivity contribution is 7.13. The Morgan fingerprint density at radius 2 is 1.82 bits per heavy atom. The highest BCUT2D eigenvalue weighted by Gasteiger charge is 2.39. The normalized spacial score (nSPS) is 11.7. The van der Waals surface area contributed by atoms with E-state index >= 15 is 0 Å². The standard InChI is InChI=1S/C25H29F3N4OS/c1-3-20(4-2)30-14-11-21-32-23(25(26,27)28)22(34-21)24(33)31-13-10-17-7-5-8-18(15-17)19-9-6-12-29-16-19/h5-9,12,15-16,20,30H,3-4,10-11,13-14H2,1-2H3,(H,31,33). The smallest absolute Gasteiger partial charge is 0.351 e. The van der Waals surface area contributed by atoms with E-state index in [-0.39, 0.29) is 11.4 Å². The van der Waals surface area contributed by atoms with Crippen LogP contribution in [-0.4, -0.2) is 35.0 Å². The summed E-state index contributed by atoms with van der Waals surface area (Å²) in [6, 6.07) is 11.9. The second-order valence-corrected chi connectivity index (χ2v) is 9.03. The molecule has 0 radical (unpaired) electrons. The first-order valence-corrected chi connectivity index (χ1v) is 12.2. The van der Waals surface area contributed by atoms with Gasteiger partial charge in [-0.2, -0.15) is 13.2 Å². The van der Waals surface area contributed by atoms with Crippen LogP contribution in [0.2, 0.25) is 0 Å². The number of pyridine rings is 1. The van der Waals surface area contributed by atoms with Crippen LogP contribution in [0, 0.1) is 0 Å². The molecule has 0 spiro atoms. The number of halogens is 3. The molecule has 0 aliphatic rings. The van der Waals surface area contributed by atoms with Crippen molar-refractivity contribution in [1.82, 2.24) is 20.6 Å². The summed E-state index contributed by atoms with van der Waals surface area (Å²) < 4.78 is 40.6. The highest BCUT2D eigenvalue weighted by Crippen LogP contribution is 2.34. The van der Waals surface area contributed by atoms with E-state index in [1.807, 2.05) is 36.4 Å². The van der Waals surface area contributed by atoms with Gasteiger partial charge in [0.15, 0.2) is 5.69 Å². The molecule has 3 rings (SSSR count). The third-order valence-electron chi connectivity index (χ3n) is 5.52. The van der Waals surface area contributed by atoms with E-state index in [2.05, 4.69) is 34.4 Å². The van der Waals surface area contributed by atoms with Crippen LogP contribution < -0.4 is 10.6 Å². The third-order valence-corrected chi connectivity index (χ3v) is 6.64. The number of aromatic nitrogens is 2. The molecule has 5 nitrogen and oxygen atoms in total. The maximum absolute atomic E-state index is 13.5. The summed E-state index contributed by atoms with van der Waals surface area (Å²) in [6.07, 6.45) is 1.52. The molecule has 2 heterocycles. The fraction of sp³-hybridized carbons (Fsp3) is 0.400. The van der Waals surface area contributed by atoms with Gasteiger partial charge >= 0.3 is 6.18 Å². The first-order valence-electron chi connectivity index (χ1n) is 11.4. The maximum atomic E-state index is 13.5. The van der Waals surface area contributed by atoms with Crippen LogP contribution in [-0.2, 0) is 19.0 Å². The van der Waals surface area contributed by atoms with Crippen LogP contribution in [0.1, 0.15) is 52.6 Å². The lowest BCUT2D eigenvalue weighted by Crippen LogP contribution is -2.29. The highest BCUT2D eigenvalue weighted by atomic mass is 32.1. The van der Waals surface area contributed by atoms with Gasteiger partial charge in [-0.3, -0.25) is 9.78 Å². The van der Waals surface area contributed by atoms with Gasteiger partial charge in [0.2, 0.25) is 0 Å². The molecular weight excluding hydrogens is 461 g/mol. The fourth-order valence-electron chi connectivity index (χ4n) is 3.62. The molecule has 0 unspecified atom stereocenters. The monoisotopic (exact) mass is 490 g/mol. The number of nitrogens with zero attached hydrogens (tertiary/aromatic N) is 2. The first kappa shape index (κ1) is 25.8. The minimum Gasteiger partial charge on any atom is -0.351 e. The number of hydrogen-bond acceptors (Lipinski definition) is 5. The molecule has 3 aromatic rings. The molecule has 0 fully saturated rings. The maximum Gasteiger partial charge on any atom is 0.435 e. The van der Waals surface area contributed by atoms with Gasteiger partial charge in [0.25, 0.3) is 5.91 Å². The summed E-state index contributed by atoms with van der Waals surface area (Å²) in [5.74, 6) is -0.743. The number of rotatable bonds is 11. The second-order valence-electron chi connectivity index (χ2n) is 7.95. The average molecular weight is 491 g/mol. The van der Waals surface area contributed by atoms with Gasteiger partial charge in [-0.25, -0.2) is 4.98 Å². The Kier molecular flexibility index (Phi) is 9.18. The van der Waals surface area contributed by atoms with Crippen LogP contribution in [0.3, 0.4) is 0 Å². The lowest BCUT2D eigenvalue weighted by Gasteiger charge is -2.13. The SMILES string of the molecule is CCC(CC)NCCc1nc(C(F)(F)F)c(C(=O)NCCc2cccc(-c3cccnc3)c2)s1. The minimum atomic E-state index is -4.68. The lowest BCUT2D eigenvalue weighted by molar-refractivity contribution is -0.141. The molecule has 0 atom stereocenters. The Bertz CT molecular complexity index is 1070. The van der Waals surface area contributed by atoms with Crippen LogP contribution in [0.15, 0.2) is 48.8 Å². The molecule has 0 bridgehead atoms. The largest absolute Gasteiger partial charge is 0.435 e. The van der Waals surface area contributed by atoms with E-state index in [1.165, 1.54) is 0 Å². The van der Waals surface area contributed by atoms with E-state index in [0.717, 1.165) is 40.9 Å². The summed E-state index contributed by atoms with van der Waals surface area (Å²) in [7, 11) is 0. The molecule has 2 N–H and O–H groups in total. The van der Waals surface area contributed by atoms with Crippen LogP contribution in [0.5, 0.6) is 0 Å². The number of hydrogen-bond donors (Lipinski definition) is 2. The molecule has 182 valence electrons. The third kappa shape index (κ3) is 7.11. The Morgan fingerprint density at radius 1 is 1.06 bits per heavy atom. The number of alkyl halides is 3. The van der Waals surface area contributed by atoms with Gasteiger partial charge in [0.05, 0.1) is 5.01 Å². The van der Waals surface area contributed by atoms with E-state index < -0.39 is 17.8 Å². The van der Waals surface area contributed by atoms with Gasteiger partial charge in [0, 0.05) is 37.9 Å². The van der Waals surface area contributed by atoms with Gasteiger partial charge in [-0.15, -0.1) is 11.3 Å². The Hall–Kier alpha value is -2.78. The quantitative estimate of drug-likeness (QED) is 0.372.